The Hall–Kier alpha value is -2.02. The van der Waals surface area contributed by atoms with Gasteiger partial charge in [0.15, 0.2) is 7.28 Å². The Balaban J connectivity index is 2.18. The zero-order valence-corrected chi connectivity index (χ0v) is 10.6. The van der Waals surface area contributed by atoms with Crippen molar-refractivity contribution in [1.29, 1.82) is 0 Å². The van der Waals surface area contributed by atoms with Gasteiger partial charge in [-0.15, -0.1) is 0 Å². The first-order valence-corrected chi connectivity index (χ1v) is 6.45. The van der Waals surface area contributed by atoms with Gasteiger partial charge in [0, 0.05) is 0 Å². The SMILES string of the molecule is CBc1ccc(-c2cccc3ccccc23)cc1. The third-order valence-electron chi connectivity index (χ3n) is 3.46. The molecule has 3 rings (SSSR count). The molecule has 0 aromatic heterocycles. The van der Waals surface area contributed by atoms with Crippen LogP contribution >= 0.6 is 0 Å². The summed E-state index contributed by atoms with van der Waals surface area (Å²) in [6.07, 6.45) is 0. The van der Waals surface area contributed by atoms with Crippen LogP contribution in [0.2, 0.25) is 6.82 Å². The van der Waals surface area contributed by atoms with E-state index in [1.807, 2.05) is 0 Å². The summed E-state index contributed by atoms with van der Waals surface area (Å²) in [5.41, 5.74) is 4.00. The predicted molar refractivity (Wildman–Crippen MR) is 82.0 cm³/mol. The normalized spacial score (nSPS) is 10.5. The van der Waals surface area contributed by atoms with Crippen molar-refractivity contribution in [3.05, 3.63) is 66.7 Å². The molecule has 0 saturated heterocycles. The molecule has 0 aliphatic carbocycles. The molecule has 18 heavy (non-hydrogen) atoms. The highest BCUT2D eigenvalue weighted by Gasteiger charge is 2.02. The summed E-state index contributed by atoms with van der Waals surface area (Å²) >= 11 is 0. The van der Waals surface area contributed by atoms with Crippen LogP contribution in [0.4, 0.5) is 0 Å². The van der Waals surface area contributed by atoms with E-state index in [-0.39, 0.29) is 0 Å². The lowest BCUT2D eigenvalue weighted by Crippen LogP contribution is -2.08. The van der Waals surface area contributed by atoms with Crippen molar-refractivity contribution in [2.24, 2.45) is 0 Å². The molecule has 0 nitrogen and oxygen atoms in total. The topological polar surface area (TPSA) is 0 Å². The number of benzene rings is 3. The Morgan fingerprint density at radius 1 is 0.722 bits per heavy atom. The fourth-order valence-electron chi connectivity index (χ4n) is 2.40. The van der Waals surface area contributed by atoms with Crippen LogP contribution in [0.1, 0.15) is 0 Å². The first-order valence-electron chi connectivity index (χ1n) is 6.45. The molecule has 0 heterocycles. The second-order valence-corrected chi connectivity index (χ2v) is 4.58. The van der Waals surface area contributed by atoms with Crippen LogP contribution < -0.4 is 5.46 Å². The van der Waals surface area contributed by atoms with Gasteiger partial charge in [-0.3, -0.25) is 0 Å². The standard InChI is InChI=1S/C17H15B/c1-18-15-11-9-14(10-12-15)17-8-4-6-13-5-2-3-7-16(13)17/h2-12,18H,1H3. The minimum atomic E-state index is 1.09. The van der Waals surface area contributed by atoms with E-state index in [9.17, 15) is 0 Å². The lowest BCUT2D eigenvalue weighted by Gasteiger charge is -2.07. The van der Waals surface area contributed by atoms with E-state index in [1.54, 1.807) is 0 Å². The van der Waals surface area contributed by atoms with Gasteiger partial charge in [-0.1, -0.05) is 79.0 Å². The lowest BCUT2D eigenvalue weighted by molar-refractivity contribution is 1.67. The quantitative estimate of drug-likeness (QED) is 0.590. The molecule has 0 radical (unpaired) electrons. The Kier molecular flexibility index (Phi) is 2.89. The molecule has 0 aliphatic rings. The van der Waals surface area contributed by atoms with Crippen molar-refractivity contribution in [2.75, 3.05) is 0 Å². The second-order valence-electron chi connectivity index (χ2n) is 4.58. The van der Waals surface area contributed by atoms with Crippen molar-refractivity contribution in [3.63, 3.8) is 0 Å². The van der Waals surface area contributed by atoms with Crippen molar-refractivity contribution in [1.82, 2.24) is 0 Å². The molecular formula is C17H15B. The number of hydrogen-bond donors (Lipinski definition) is 0. The molecule has 86 valence electrons. The highest BCUT2D eigenvalue weighted by molar-refractivity contribution is 6.51. The average Bonchev–Trinajstić information content (AvgIpc) is 2.47. The summed E-state index contributed by atoms with van der Waals surface area (Å²) in [6, 6.07) is 23.9. The van der Waals surface area contributed by atoms with Gasteiger partial charge in [0.05, 0.1) is 0 Å². The zero-order chi connectivity index (χ0) is 12.4. The summed E-state index contributed by atoms with van der Waals surface area (Å²) in [5, 5.41) is 2.62. The van der Waals surface area contributed by atoms with Crippen LogP contribution in [0.15, 0.2) is 66.7 Å². The average molecular weight is 230 g/mol. The molecule has 3 aromatic rings. The van der Waals surface area contributed by atoms with Crippen LogP contribution in [-0.2, 0) is 0 Å². The molecule has 0 spiro atoms. The number of fused-ring (bicyclic) bond motifs is 1. The van der Waals surface area contributed by atoms with E-state index >= 15 is 0 Å². The van der Waals surface area contributed by atoms with Gasteiger partial charge in [-0.05, 0) is 21.9 Å². The highest BCUT2D eigenvalue weighted by Crippen LogP contribution is 2.27. The van der Waals surface area contributed by atoms with Crippen molar-refractivity contribution >= 4 is 23.5 Å². The molecule has 0 atom stereocenters. The van der Waals surface area contributed by atoms with E-state index in [0.29, 0.717) is 0 Å². The van der Waals surface area contributed by atoms with Crippen LogP contribution in [0, 0.1) is 0 Å². The van der Waals surface area contributed by atoms with E-state index in [0.717, 1.165) is 7.28 Å². The third-order valence-corrected chi connectivity index (χ3v) is 3.46. The van der Waals surface area contributed by atoms with Crippen LogP contribution in [-0.4, -0.2) is 7.28 Å². The Bertz CT molecular complexity index is 663. The number of rotatable bonds is 2. The molecule has 0 N–H and O–H groups in total. The Morgan fingerprint density at radius 2 is 1.44 bits per heavy atom. The molecular weight excluding hydrogens is 215 g/mol. The summed E-state index contributed by atoms with van der Waals surface area (Å²) < 4.78 is 0. The minimum Gasteiger partial charge on any atom is -0.0849 e. The maximum absolute atomic E-state index is 2.22. The molecule has 0 fully saturated rings. The van der Waals surface area contributed by atoms with Crippen LogP contribution in [0.25, 0.3) is 21.9 Å². The molecule has 0 saturated carbocycles. The van der Waals surface area contributed by atoms with Gasteiger partial charge < -0.3 is 0 Å². The molecule has 0 amide bonds. The first kappa shape index (κ1) is 11.1. The van der Waals surface area contributed by atoms with Gasteiger partial charge in [0.1, 0.15) is 0 Å². The van der Waals surface area contributed by atoms with E-state index in [4.69, 9.17) is 0 Å². The third kappa shape index (κ3) is 1.93. The van der Waals surface area contributed by atoms with Gasteiger partial charge in [0.2, 0.25) is 0 Å². The van der Waals surface area contributed by atoms with E-state index < -0.39 is 0 Å². The summed E-state index contributed by atoms with van der Waals surface area (Å²) in [5.74, 6) is 0. The summed E-state index contributed by atoms with van der Waals surface area (Å²) in [6.45, 7) is 2.19. The summed E-state index contributed by atoms with van der Waals surface area (Å²) in [7, 11) is 1.09. The molecule has 1 heteroatoms. The van der Waals surface area contributed by atoms with Crippen molar-refractivity contribution in [3.8, 4) is 11.1 Å². The second kappa shape index (κ2) is 4.69. The van der Waals surface area contributed by atoms with Gasteiger partial charge in [-0.25, -0.2) is 0 Å². The highest BCUT2D eigenvalue weighted by atomic mass is 14.1. The van der Waals surface area contributed by atoms with Crippen molar-refractivity contribution < 1.29 is 0 Å². The first-order chi connectivity index (χ1) is 8.88. The largest absolute Gasteiger partial charge is 0.154 e. The van der Waals surface area contributed by atoms with Gasteiger partial charge in [-0.2, -0.15) is 0 Å². The number of hydrogen-bond acceptors (Lipinski definition) is 0. The lowest BCUT2D eigenvalue weighted by atomic mass is 9.73. The van der Waals surface area contributed by atoms with E-state index in [1.165, 1.54) is 27.4 Å². The molecule has 0 aliphatic heterocycles. The smallest absolute Gasteiger partial charge is 0.0849 e. The Labute approximate surface area is 109 Å². The van der Waals surface area contributed by atoms with E-state index in [2.05, 4.69) is 73.6 Å². The Morgan fingerprint density at radius 3 is 2.22 bits per heavy atom. The summed E-state index contributed by atoms with van der Waals surface area (Å²) in [4.78, 5) is 0. The van der Waals surface area contributed by atoms with Crippen LogP contribution in [0.5, 0.6) is 0 Å². The predicted octanol–water partition coefficient (Wildman–Crippen LogP) is 3.62. The fraction of sp³-hybridized carbons (Fsp3) is 0.0588. The van der Waals surface area contributed by atoms with Gasteiger partial charge in [0.25, 0.3) is 0 Å². The minimum absolute atomic E-state index is 1.09. The monoisotopic (exact) mass is 230 g/mol. The zero-order valence-electron chi connectivity index (χ0n) is 10.6. The van der Waals surface area contributed by atoms with Gasteiger partial charge >= 0.3 is 0 Å². The molecule has 0 unspecified atom stereocenters. The molecule has 0 bridgehead atoms. The fourth-order valence-corrected chi connectivity index (χ4v) is 2.40. The van der Waals surface area contributed by atoms with Crippen molar-refractivity contribution in [2.45, 2.75) is 6.82 Å². The maximum atomic E-state index is 2.22. The molecule has 3 aromatic carbocycles. The van der Waals surface area contributed by atoms with Crippen LogP contribution in [0.3, 0.4) is 0 Å². The maximum Gasteiger partial charge on any atom is 0.154 e.